The Balaban J connectivity index is 1.21. The minimum absolute atomic E-state index is 0.0416. The Morgan fingerprint density at radius 1 is 0.857 bits per heavy atom. The van der Waals surface area contributed by atoms with Crippen molar-refractivity contribution in [3.8, 4) is 0 Å². The molecule has 7 rings (SSSR count). The SMILES string of the molecule is C[C@@]12C[C@@](O)(OCO1)[C@@H]1C[C@@]2(O[C@@H]2O[C@H](COC(=O)c3ccccc3)[C@@H](O)[C@H](O)[C@H]2O)[C@H]1COC(=O)c1ccccc1. The van der Waals surface area contributed by atoms with Gasteiger partial charge in [-0.3, -0.25) is 0 Å². The van der Waals surface area contributed by atoms with Crippen molar-refractivity contribution in [3.63, 3.8) is 0 Å². The molecule has 5 aliphatic rings. The van der Waals surface area contributed by atoms with Crippen LogP contribution in [0.5, 0.6) is 0 Å². The molecule has 3 aliphatic carbocycles. The standard InChI is InChI=1S/C30H34O12/c1-28-15-30(36,40-16-39-28)19-12-29(28,20(19)13-37-25(34)17-8-4-2-5-9-17)42-27-24(33)23(32)22(31)21(41-27)14-38-26(35)18-10-6-3-7-11-18/h2-11,19-24,27,31-33,36H,12-16H2,1H3/t19-,20+,21-,22-,23+,24-,27+,28+,29-,30-/m1/s1. The third kappa shape index (κ3) is 4.81. The van der Waals surface area contributed by atoms with E-state index in [-0.39, 0.29) is 26.2 Å². The molecule has 12 nitrogen and oxygen atoms in total. The first-order valence-electron chi connectivity index (χ1n) is 13.9. The summed E-state index contributed by atoms with van der Waals surface area (Å²) in [6, 6.07) is 16.7. The van der Waals surface area contributed by atoms with Crippen molar-refractivity contribution in [2.24, 2.45) is 11.8 Å². The summed E-state index contributed by atoms with van der Waals surface area (Å²) in [5, 5.41) is 43.5. The van der Waals surface area contributed by atoms with Gasteiger partial charge in [0.1, 0.15) is 42.2 Å². The van der Waals surface area contributed by atoms with Gasteiger partial charge in [-0.15, -0.1) is 0 Å². The van der Waals surface area contributed by atoms with Gasteiger partial charge < -0.3 is 48.8 Å². The molecule has 0 radical (unpaired) electrons. The Hall–Kier alpha value is -2.94. The van der Waals surface area contributed by atoms with Gasteiger partial charge in [-0.25, -0.2) is 9.59 Å². The van der Waals surface area contributed by atoms with E-state index in [0.717, 1.165) is 0 Å². The van der Waals surface area contributed by atoms with Crippen molar-refractivity contribution in [1.29, 1.82) is 0 Å². The maximum absolute atomic E-state index is 12.8. The number of aliphatic hydroxyl groups excluding tert-OH is 3. The lowest BCUT2D eigenvalue weighted by Crippen LogP contribution is -2.83. The first-order valence-corrected chi connectivity index (χ1v) is 13.9. The summed E-state index contributed by atoms with van der Waals surface area (Å²) in [7, 11) is 0. The highest BCUT2D eigenvalue weighted by Gasteiger charge is 2.78. The molecule has 0 amide bonds. The summed E-state index contributed by atoms with van der Waals surface area (Å²) < 4.78 is 34.9. The van der Waals surface area contributed by atoms with Crippen molar-refractivity contribution in [3.05, 3.63) is 71.8 Å². The molecule has 4 bridgehead atoms. The normalized spacial score (nSPS) is 40.5. The van der Waals surface area contributed by atoms with Crippen LogP contribution in [0.1, 0.15) is 40.5 Å². The molecule has 2 aromatic rings. The molecule has 10 atom stereocenters. The topological polar surface area (TPSA) is 170 Å². The van der Waals surface area contributed by atoms with Crippen LogP contribution >= 0.6 is 0 Å². The summed E-state index contributed by atoms with van der Waals surface area (Å²) in [6.07, 6.45) is -7.39. The minimum Gasteiger partial charge on any atom is -0.462 e. The summed E-state index contributed by atoms with van der Waals surface area (Å²) in [5.74, 6) is -3.88. The predicted molar refractivity (Wildman–Crippen MR) is 141 cm³/mol. The quantitative estimate of drug-likeness (QED) is 0.321. The van der Waals surface area contributed by atoms with E-state index < -0.39 is 78.1 Å². The second-order valence-electron chi connectivity index (χ2n) is 11.5. The number of benzene rings is 2. The number of hydrogen-bond donors (Lipinski definition) is 4. The molecule has 226 valence electrons. The maximum atomic E-state index is 12.8. The van der Waals surface area contributed by atoms with Gasteiger partial charge in [0.05, 0.1) is 17.7 Å². The van der Waals surface area contributed by atoms with E-state index in [4.69, 9.17) is 28.4 Å². The Morgan fingerprint density at radius 2 is 1.45 bits per heavy atom. The van der Waals surface area contributed by atoms with Crippen LogP contribution in [0, 0.1) is 11.8 Å². The van der Waals surface area contributed by atoms with Crippen LogP contribution in [-0.4, -0.2) is 100 Å². The van der Waals surface area contributed by atoms with Gasteiger partial charge in [0.15, 0.2) is 18.9 Å². The Kier molecular flexibility index (Phi) is 7.61. The summed E-state index contributed by atoms with van der Waals surface area (Å²) in [6.45, 7) is 0.947. The highest BCUT2D eigenvalue weighted by Crippen LogP contribution is 2.67. The van der Waals surface area contributed by atoms with Crippen LogP contribution in [0.4, 0.5) is 0 Å². The first kappa shape index (κ1) is 29.1. The second-order valence-corrected chi connectivity index (χ2v) is 11.5. The fraction of sp³-hybridized carbons (Fsp3) is 0.533. The van der Waals surface area contributed by atoms with Gasteiger partial charge >= 0.3 is 11.9 Å². The number of esters is 2. The van der Waals surface area contributed by atoms with Gasteiger partial charge in [0, 0.05) is 18.3 Å². The molecule has 2 saturated heterocycles. The average Bonchev–Trinajstić information content (AvgIpc) is 2.98. The molecule has 2 heterocycles. The summed E-state index contributed by atoms with van der Waals surface area (Å²) in [5.41, 5.74) is -1.74. The molecule has 12 heteroatoms. The van der Waals surface area contributed by atoms with E-state index in [2.05, 4.69) is 0 Å². The van der Waals surface area contributed by atoms with Crippen LogP contribution in [0.25, 0.3) is 0 Å². The van der Waals surface area contributed by atoms with Gasteiger partial charge in [-0.2, -0.15) is 0 Å². The average molecular weight is 587 g/mol. The zero-order valence-electron chi connectivity index (χ0n) is 22.9. The summed E-state index contributed by atoms with van der Waals surface area (Å²) in [4.78, 5) is 25.2. The molecule has 0 unspecified atom stereocenters. The van der Waals surface area contributed by atoms with E-state index in [9.17, 15) is 30.0 Å². The molecule has 0 aromatic heterocycles. The zero-order valence-corrected chi connectivity index (χ0v) is 22.9. The van der Waals surface area contributed by atoms with Crippen LogP contribution < -0.4 is 0 Å². The largest absolute Gasteiger partial charge is 0.462 e. The number of ether oxygens (including phenoxy) is 6. The fourth-order valence-electron chi connectivity index (χ4n) is 6.73. The van der Waals surface area contributed by atoms with Gasteiger partial charge in [-0.05, 0) is 37.6 Å². The van der Waals surface area contributed by atoms with Gasteiger partial charge in [0.25, 0.3) is 0 Å². The number of carbonyl (C=O) groups excluding carboxylic acids is 2. The maximum Gasteiger partial charge on any atom is 0.338 e. The molecular formula is C30H34O12. The molecule has 4 N–H and O–H groups in total. The summed E-state index contributed by atoms with van der Waals surface area (Å²) >= 11 is 0. The van der Waals surface area contributed by atoms with Gasteiger partial charge in [-0.1, -0.05) is 36.4 Å². The fourth-order valence-corrected chi connectivity index (χ4v) is 6.73. The van der Waals surface area contributed by atoms with Crippen molar-refractivity contribution < 1.29 is 58.4 Å². The van der Waals surface area contributed by atoms with E-state index in [1.54, 1.807) is 67.6 Å². The van der Waals surface area contributed by atoms with Crippen molar-refractivity contribution >= 4 is 11.9 Å². The Morgan fingerprint density at radius 3 is 2.07 bits per heavy atom. The highest BCUT2D eigenvalue weighted by atomic mass is 16.8. The number of aliphatic hydroxyl groups is 4. The number of carbonyl (C=O) groups is 2. The van der Waals surface area contributed by atoms with E-state index in [1.807, 2.05) is 0 Å². The van der Waals surface area contributed by atoms with Crippen LogP contribution in [-0.2, 0) is 28.4 Å². The van der Waals surface area contributed by atoms with E-state index in [1.165, 1.54) is 0 Å². The number of hydrogen-bond acceptors (Lipinski definition) is 12. The van der Waals surface area contributed by atoms with Crippen molar-refractivity contribution in [2.45, 2.75) is 67.5 Å². The minimum atomic E-state index is -1.69. The van der Waals surface area contributed by atoms with Crippen LogP contribution in [0.2, 0.25) is 0 Å². The first-order chi connectivity index (χ1) is 20.1. The number of rotatable bonds is 8. The zero-order chi connectivity index (χ0) is 29.7. The second kappa shape index (κ2) is 11.0. The van der Waals surface area contributed by atoms with E-state index in [0.29, 0.717) is 11.1 Å². The lowest BCUT2D eigenvalue weighted by Gasteiger charge is -2.72. The molecule has 2 aliphatic heterocycles. The lowest BCUT2D eigenvalue weighted by molar-refractivity contribution is -0.485. The Labute approximate surface area is 241 Å². The van der Waals surface area contributed by atoms with Crippen molar-refractivity contribution in [2.75, 3.05) is 20.0 Å². The molecular weight excluding hydrogens is 552 g/mol. The Bertz CT molecular complexity index is 1290. The monoisotopic (exact) mass is 586 g/mol. The molecule has 42 heavy (non-hydrogen) atoms. The third-order valence-corrected chi connectivity index (χ3v) is 9.15. The van der Waals surface area contributed by atoms with Crippen molar-refractivity contribution in [1.82, 2.24) is 0 Å². The third-order valence-electron chi connectivity index (χ3n) is 9.15. The van der Waals surface area contributed by atoms with E-state index >= 15 is 0 Å². The predicted octanol–water partition coefficient (Wildman–Crippen LogP) is 0.755. The van der Waals surface area contributed by atoms with Crippen LogP contribution in [0.3, 0.4) is 0 Å². The molecule has 0 spiro atoms. The van der Waals surface area contributed by atoms with Gasteiger partial charge in [0.2, 0.25) is 0 Å². The lowest BCUT2D eigenvalue weighted by atomic mass is 9.45. The van der Waals surface area contributed by atoms with Crippen LogP contribution in [0.15, 0.2) is 60.7 Å². The molecule has 2 aromatic carbocycles. The smallest absolute Gasteiger partial charge is 0.338 e. The molecule has 3 saturated carbocycles. The highest BCUT2D eigenvalue weighted by molar-refractivity contribution is 5.89. The molecule has 5 fully saturated rings.